The summed E-state index contributed by atoms with van der Waals surface area (Å²) in [5, 5.41) is 17.1. The maximum Gasteiger partial charge on any atom is 0.336 e. The van der Waals surface area contributed by atoms with E-state index in [0.29, 0.717) is 0 Å². The van der Waals surface area contributed by atoms with E-state index in [4.69, 9.17) is 10.2 Å². The second-order valence-electron chi connectivity index (χ2n) is 8.48. The number of hydrogen-bond donors (Lipinski definition) is 5. The first kappa shape index (κ1) is 30.5. The zero-order chi connectivity index (χ0) is 24.5. The molecule has 1 aromatic rings. The van der Waals surface area contributed by atoms with Crippen LogP contribution in [0.15, 0.2) is 24.3 Å². The number of hydrogen-bond acceptors (Lipinski definition) is 5. The average molecular weight is 475 g/mol. The number of carboxylic acids is 2. The van der Waals surface area contributed by atoms with Gasteiger partial charge in [-0.05, 0) is 12.1 Å². The summed E-state index contributed by atoms with van der Waals surface area (Å²) in [6.45, 7) is 4.37. The van der Waals surface area contributed by atoms with Gasteiger partial charge in [0.1, 0.15) is 0 Å². The summed E-state index contributed by atoms with van der Waals surface area (Å²) in [4.78, 5) is 51.0. The van der Waals surface area contributed by atoms with Crippen molar-refractivity contribution in [3.8, 4) is 0 Å². The molecule has 186 valence electrons. The molecule has 1 rings (SSSR count). The van der Waals surface area contributed by atoms with Crippen molar-refractivity contribution in [1.29, 1.82) is 0 Å². The predicted octanol–water partition coefficient (Wildman–Crippen LogP) is 6.07. The Bertz CT molecular complexity index is 615. The molecule has 0 bridgehead atoms. The molecule has 32 heavy (non-hydrogen) atoms. The van der Waals surface area contributed by atoms with Gasteiger partial charge in [0.05, 0.1) is 11.1 Å². The molecule has 0 fully saturated rings. The standard InChI is InChI=1S/C16H37O3P.C8H6O4/c1-3-5-7-9-11-13-15-20(17,18,19)16-14-12-10-8-6-4-2;9-7(10)5-3-1-2-4-6(5)8(11)12/h17-19H,3-16H2,1-2H3;1-4H,(H,9,10)(H,11,12). The van der Waals surface area contributed by atoms with Crippen molar-refractivity contribution >= 4 is 19.2 Å². The van der Waals surface area contributed by atoms with Crippen molar-refractivity contribution in [3.63, 3.8) is 0 Å². The number of unbranched alkanes of at least 4 members (excludes halogenated alkanes) is 10. The summed E-state index contributed by atoms with van der Waals surface area (Å²) < 4.78 is 0. The first-order valence-corrected chi connectivity index (χ1v) is 14.3. The summed E-state index contributed by atoms with van der Waals surface area (Å²) in [5.41, 5.74) is -0.380. The van der Waals surface area contributed by atoms with Gasteiger partial charge in [-0.15, -0.1) is 0 Å². The first-order valence-electron chi connectivity index (χ1n) is 11.8. The Labute approximate surface area is 192 Å². The van der Waals surface area contributed by atoms with Crippen LogP contribution in [0.3, 0.4) is 0 Å². The van der Waals surface area contributed by atoms with Crippen LogP contribution in [0.4, 0.5) is 0 Å². The Hall–Kier alpha value is -1.53. The summed E-state index contributed by atoms with van der Waals surface area (Å²) in [5.74, 6) is -2.46. The molecule has 0 heterocycles. The molecule has 0 unspecified atom stereocenters. The Morgan fingerprint density at radius 1 is 0.625 bits per heavy atom. The van der Waals surface area contributed by atoms with Crippen LogP contribution >= 0.6 is 7.28 Å². The zero-order valence-corrected chi connectivity index (χ0v) is 20.6. The van der Waals surface area contributed by atoms with E-state index in [1.54, 1.807) is 0 Å². The molecular formula is C24H43O7P. The fourth-order valence-corrected chi connectivity index (χ4v) is 5.37. The van der Waals surface area contributed by atoms with Gasteiger partial charge in [0.25, 0.3) is 0 Å². The van der Waals surface area contributed by atoms with Gasteiger partial charge in [0.2, 0.25) is 0 Å². The third-order valence-corrected chi connectivity index (χ3v) is 7.79. The van der Waals surface area contributed by atoms with Crippen molar-refractivity contribution in [3.05, 3.63) is 35.4 Å². The number of aromatic carboxylic acids is 2. The van der Waals surface area contributed by atoms with Crippen molar-refractivity contribution in [2.45, 2.75) is 90.9 Å². The molecule has 0 aromatic heterocycles. The second-order valence-corrected chi connectivity index (χ2v) is 12.1. The van der Waals surface area contributed by atoms with Crippen LogP contribution < -0.4 is 0 Å². The van der Waals surface area contributed by atoms with Gasteiger partial charge in [0, 0.05) is 0 Å². The van der Waals surface area contributed by atoms with Crippen LogP contribution in [0, 0.1) is 0 Å². The Morgan fingerprint density at radius 2 is 0.938 bits per heavy atom. The van der Waals surface area contributed by atoms with Crippen molar-refractivity contribution in [2.75, 3.05) is 12.3 Å². The zero-order valence-electron chi connectivity index (χ0n) is 19.7. The molecule has 0 spiro atoms. The topological polar surface area (TPSA) is 135 Å². The van der Waals surface area contributed by atoms with E-state index in [1.165, 1.54) is 62.8 Å². The molecule has 7 nitrogen and oxygen atoms in total. The summed E-state index contributed by atoms with van der Waals surface area (Å²) in [6.07, 6.45) is 13.5. The number of carboxylic acid groups (broad SMARTS) is 2. The van der Waals surface area contributed by atoms with Crippen molar-refractivity contribution in [1.82, 2.24) is 0 Å². The maximum atomic E-state index is 10.5. The Morgan fingerprint density at radius 3 is 1.25 bits per heavy atom. The minimum atomic E-state index is -4.31. The van der Waals surface area contributed by atoms with Gasteiger partial charge in [-0.3, -0.25) is 0 Å². The molecule has 0 radical (unpaired) electrons. The molecule has 0 saturated heterocycles. The molecular weight excluding hydrogens is 431 g/mol. The first-order chi connectivity index (χ1) is 15.0. The minimum absolute atomic E-state index is 0.190. The van der Waals surface area contributed by atoms with Gasteiger partial charge in [-0.2, -0.15) is 0 Å². The molecule has 5 N–H and O–H groups in total. The van der Waals surface area contributed by atoms with Crippen LogP contribution in [0.2, 0.25) is 0 Å². The van der Waals surface area contributed by atoms with Crippen LogP contribution in [0.5, 0.6) is 0 Å². The number of rotatable bonds is 16. The average Bonchev–Trinajstić information content (AvgIpc) is 2.73. The molecule has 0 aliphatic heterocycles. The van der Waals surface area contributed by atoms with E-state index in [1.807, 2.05) is 0 Å². The van der Waals surface area contributed by atoms with Gasteiger partial charge in [-0.25, -0.2) is 9.59 Å². The van der Waals surface area contributed by atoms with Gasteiger partial charge in [0.15, 0.2) is 0 Å². The predicted molar refractivity (Wildman–Crippen MR) is 130 cm³/mol. The van der Waals surface area contributed by atoms with Crippen LogP contribution in [-0.4, -0.2) is 49.2 Å². The van der Waals surface area contributed by atoms with E-state index < -0.39 is 19.2 Å². The van der Waals surface area contributed by atoms with Gasteiger partial charge < -0.3 is 10.2 Å². The van der Waals surface area contributed by atoms with Crippen LogP contribution in [-0.2, 0) is 0 Å². The van der Waals surface area contributed by atoms with Crippen molar-refractivity contribution in [2.24, 2.45) is 0 Å². The second kappa shape index (κ2) is 16.1. The molecule has 0 aliphatic carbocycles. The van der Waals surface area contributed by atoms with Gasteiger partial charge in [-0.1, -0.05) is 12.1 Å². The molecule has 0 atom stereocenters. The number of benzene rings is 1. The Balaban J connectivity index is 0.000000677. The third-order valence-electron chi connectivity index (χ3n) is 5.33. The molecule has 1 aromatic carbocycles. The SMILES string of the molecule is CCCCCCCCP(O)(O)(O)CCCCCCCC.O=C(O)c1ccccc1C(=O)O. The summed E-state index contributed by atoms with van der Waals surface area (Å²) in [7, 11) is -4.31. The Kier molecular flexibility index (Phi) is 15.4. The number of carbonyl (C=O) groups is 2. The normalized spacial score (nSPS) is 12.3. The molecule has 8 heteroatoms. The fourth-order valence-electron chi connectivity index (χ4n) is 3.40. The van der Waals surface area contributed by atoms with E-state index in [2.05, 4.69) is 13.8 Å². The summed E-state index contributed by atoms with van der Waals surface area (Å²) >= 11 is 0. The monoisotopic (exact) mass is 474 g/mol. The minimum Gasteiger partial charge on any atom is -0.478 e. The van der Waals surface area contributed by atoms with Gasteiger partial charge >= 0.3 is 137 Å². The van der Waals surface area contributed by atoms with E-state index in [0.717, 1.165) is 38.5 Å². The largest absolute Gasteiger partial charge is 0.478 e. The van der Waals surface area contributed by atoms with E-state index in [9.17, 15) is 24.3 Å². The smallest absolute Gasteiger partial charge is 0.336 e. The van der Waals surface area contributed by atoms with Crippen molar-refractivity contribution < 1.29 is 34.5 Å². The van der Waals surface area contributed by atoms with Crippen LogP contribution in [0.25, 0.3) is 0 Å². The molecule has 0 amide bonds. The quantitative estimate of drug-likeness (QED) is 0.145. The maximum absolute atomic E-state index is 10.5. The molecule has 0 aliphatic rings. The summed E-state index contributed by atoms with van der Waals surface area (Å²) in [6, 6.07) is 5.48. The third kappa shape index (κ3) is 15.3. The molecule has 0 saturated carbocycles. The van der Waals surface area contributed by atoms with E-state index in [-0.39, 0.29) is 23.5 Å². The fraction of sp³-hybridized carbons (Fsp3) is 0.667. The van der Waals surface area contributed by atoms with E-state index >= 15 is 0 Å². The van der Waals surface area contributed by atoms with Crippen LogP contribution in [0.1, 0.15) is 112 Å².